The molecule has 94 valence electrons. The third-order valence-electron chi connectivity index (χ3n) is 2.17. The van der Waals surface area contributed by atoms with E-state index in [1.807, 2.05) is 6.92 Å². The molecule has 0 bridgehead atoms. The molecule has 0 saturated carbocycles. The number of aliphatic hydroxyl groups excluding tert-OH is 1. The lowest BCUT2D eigenvalue weighted by atomic mass is 10.1. The molecule has 1 amide bonds. The first kappa shape index (κ1) is 14.0. The summed E-state index contributed by atoms with van der Waals surface area (Å²) in [6, 6.07) is 4.54. The molecule has 0 unspecified atom stereocenters. The van der Waals surface area contributed by atoms with E-state index in [1.165, 1.54) is 6.07 Å². The molecule has 0 fully saturated rings. The van der Waals surface area contributed by atoms with Crippen LogP contribution in [-0.4, -0.2) is 23.3 Å². The number of hydrogen-bond acceptors (Lipinski definition) is 3. The lowest BCUT2D eigenvalue weighted by Crippen LogP contribution is -2.24. The van der Waals surface area contributed by atoms with Gasteiger partial charge in [0.25, 0.3) is 0 Å². The summed E-state index contributed by atoms with van der Waals surface area (Å²) in [4.78, 5) is 11.6. The Morgan fingerprint density at radius 1 is 1.59 bits per heavy atom. The van der Waals surface area contributed by atoms with Gasteiger partial charge in [0.2, 0.25) is 5.91 Å². The van der Waals surface area contributed by atoms with Crippen LogP contribution in [0.5, 0.6) is 0 Å². The highest BCUT2D eigenvalue weighted by molar-refractivity contribution is 8.00. The Kier molecular flexibility index (Phi) is 5.44. The maximum atomic E-state index is 13.6. The molecular formula is C12H16FNO2S. The number of hydrogen-bond donors (Lipinski definition) is 2. The minimum atomic E-state index is -0.688. The van der Waals surface area contributed by atoms with E-state index in [0.717, 1.165) is 11.8 Å². The van der Waals surface area contributed by atoms with Crippen molar-refractivity contribution in [2.24, 2.45) is 0 Å². The van der Waals surface area contributed by atoms with Gasteiger partial charge in [0.05, 0.1) is 11.9 Å². The van der Waals surface area contributed by atoms with Gasteiger partial charge in [-0.25, -0.2) is 4.39 Å². The van der Waals surface area contributed by atoms with Crippen LogP contribution in [0.2, 0.25) is 0 Å². The molecule has 2 N–H and O–H groups in total. The monoisotopic (exact) mass is 257 g/mol. The summed E-state index contributed by atoms with van der Waals surface area (Å²) in [6.07, 6.45) is -0.688. The SMILES string of the molecule is CCNC(=O)CSc1ccc([C@@H](C)O)cc1F. The summed E-state index contributed by atoms with van der Waals surface area (Å²) >= 11 is 1.15. The van der Waals surface area contributed by atoms with E-state index in [0.29, 0.717) is 17.0 Å². The second-order valence-corrected chi connectivity index (χ2v) is 4.63. The summed E-state index contributed by atoms with van der Waals surface area (Å²) in [5.41, 5.74) is 0.532. The van der Waals surface area contributed by atoms with Crippen molar-refractivity contribution in [3.8, 4) is 0 Å². The van der Waals surface area contributed by atoms with Crippen LogP contribution in [0.3, 0.4) is 0 Å². The number of nitrogens with one attached hydrogen (secondary N) is 1. The molecule has 0 aliphatic carbocycles. The van der Waals surface area contributed by atoms with Crippen molar-refractivity contribution in [3.05, 3.63) is 29.6 Å². The van der Waals surface area contributed by atoms with E-state index in [2.05, 4.69) is 5.32 Å². The Labute approximate surface area is 104 Å². The van der Waals surface area contributed by atoms with Gasteiger partial charge in [-0.3, -0.25) is 4.79 Å². The molecule has 0 saturated heterocycles. The average Bonchev–Trinajstić information content (AvgIpc) is 2.27. The molecule has 0 aliphatic rings. The van der Waals surface area contributed by atoms with Gasteiger partial charge in [0.1, 0.15) is 5.82 Å². The quantitative estimate of drug-likeness (QED) is 0.794. The number of amides is 1. The minimum Gasteiger partial charge on any atom is -0.389 e. The molecule has 5 heteroatoms. The first-order valence-corrected chi connectivity index (χ1v) is 6.40. The first-order chi connectivity index (χ1) is 8.04. The molecule has 0 aliphatic heterocycles. The van der Waals surface area contributed by atoms with Gasteiger partial charge in [-0.15, -0.1) is 11.8 Å². The highest BCUT2D eigenvalue weighted by atomic mass is 32.2. The van der Waals surface area contributed by atoms with Crippen molar-refractivity contribution in [1.82, 2.24) is 5.32 Å². The molecule has 17 heavy (non-hydrogen) atoms. The number of benzene rings is 1. The van der Waals surface area contributed by atoms with Gasteiger partial charge >= 0.3 is 0 Å². The molecule has 0 spiro atoms. The van der Waals surface area contributed by atoms with Gasteiger partial charge < -0.3 is 10.4 Å². The van der Waals surface area contributed by atoms with Crippen LogP contribution in [0.15, 0.2) is 23.1 Å². The predicted octanol–water partition coefficient (Wildman–Crippen LogP) is 2.11. The Morgan fingerprint density at radius 2 is 2.29 bits per heavy atom. The largest absolute Gasteiger partial charge is 0.389 e. The molecule has 1 rings (SSSR count). The number of carbonyl (C=O) groups excluding carboxylic acids is 1. The highest BCUT2D eigenvalue weighted by Crippen LogP contribution is 2.24. The normalized spacial score (nSPS) is 12.2. The Morgan fingerprint density at radius 3 is 2.82 bits per heavy atom. The fourth-order valence-electron chi connectivity index (χ4n) is 1.29. The Bertz CT molecular complexity index is 396. The van der Waals surface area contributed by atoms with Gasteiger partial charge in [-0.2, -0.15) is 0 Å². The van der Waals surface area contributed by atoms with Gasteiger partial charge in [0, 0.05) is 11.4 Å². The number of carbonyl (C=O) groups is 1. The smallest absolute Gasteiger partial charge is 0.230 e. The summed E-state index contributed by atoms with van der Waals surface area (Å²) in [5, 5.41) is 11.9. The van der Waals surface area contributed by atoms with Gasteiger partial charge in [0.15, 0.2) is 0 Å². The van der Waals surface area contributed by atoms with Crippen LogP contribution < -0.4 is 5.32 Å². The Balaban J connectivity index is 2.63. The van der Waals surface area contributed by atoms with Crippen molar-refractivity contribution in [2.45, 2.75) is 24.8 Å². The summed E-state index contributed by atoms with van der Waals surface area (Å²) in [6.45, 7) is 3.99. The standard InChI is InChI=1S/C12H16FNO2S/c1-3-14-12(16)7-17-11-5-4-9(8(2)15)6-10(11)13/h4-6,8,15H,3,7H2,1-2H3,(H,14,16)/t8-/m1/s1. The van der Waals surface area contributed by atoms with Crippen LogP contribution in [0.4, 0.5) is 4.39 Å². The number of halogens is 1. The molecule has 1 aromatic rings. The van der Waals surface area contributed by atoms with E-state index >= 15 is 0 Å². The topological polar surface area (TPSA) is 49.3 Å². The maximum Gasteiger partial charge on any atom is 0.230 e. The van der Waals surface area contributed by atoms with Crippen molar-refractivity contribution >= 4 is 17.7 Å². The third kappa shape index (κ3) is 4.36. The Hall–Kier alpha value is -1.07. The summed E-state index contributed by atoms with van der Waals surface area (Å²) in [5.74, 6) is -0.326. The lowest BCUT2D eigenvalue weighted by Gasteiger charge is -2.08. The fraction of sp³-hybridized carbons (Fsp3) is 0.417. The van der Waals surface area contributed by atoms with Crippen LogP contribution in [0.1, 0.15) is 25.5 Å². The van der Waals surface area contributed by atoms with Crippen LogP contribution in [-0.2, 0) is 4.79 Å². The second kappa shape index (κ2) is 6.61. The first-order valence-electron chi connectivity index (χ1n) is 5.41. The highest BCUT2D eigenvalue weighted by Gasteiger charge is 2.09. The predicted molar refractivity (Wildman–Crippen MR) is 66.4 cm³/mol. The fourth-order valence-corrected chi connectivity index (χ4v) is 2.04. The molecule has 1 atom stereocenters. The molecular weight excluding hydrogens is 241 g/mol. The van der Waals surface area contributed by atoms with Crippen molar-refractivity contribution in [3.63, 3.8) is 0 Å². The minimum absolute atomic E-state index is 0.114. The van der Waals surface area contributed by atoms with E-state index in [-0.39, 0.29) is 11.7 Å². The number of rotatable bonds is 5. The second-order valence-electron chi connectivity index (χ2n) is 3.61. The van der Waals surface area contributed by atoms with Crippen molar-refractivity contribution in [1.29, 1.82) is 0 Å². The number of thioether (sulfide) groups is 1. The lowest BCUT2D eigenvalue weighted by molar-refractivity contribution is -0.118. The summed E-state index contributed by atoms with van der Waals surface area (Å²) in [7, 11) is 0. The van der Waals surface area contributed by atoms with E-state index in [1.54, 1.807) is 19.1 Å². The van der Waals surface area contributed by atoms with Crippen molar-refractivity contribution in [2.75, 3.05) is 12.3 Å². The molecule has 1 aromatic carbocycles. The molecule has 0 aromatic heterocycles. The average molecular weight is 257 g/mol. The van der Waals surface area contributed by atoms with E-state index < -0.39 is 11.9 Å². The van der Waals surface area contributed by atoms with E-state index in [9.17, 15) is 14.3 Å². The molecule has 0 heterocycles. The zero-order chi connectivity index (χ0) is 12.8. The third-order valence-corrected chi connectivity index (χ3v) is 3.22. The molecule has 0 radical (unpaired) electrons. The summed E-state index contributed by atoms with van der Waals surface area (Å²) < 4.78 is 13.6. The number of aliphatic hydroxyl groups is 1. The van der Waals surface area contributed by atoms with Gasteiger partial charge in [-0.1, -0.05) is 6.07 Å². The molecule has 3 nitrogen and oxygen atoms in total. The zero-order valence-corrected chi connectivity index (χ0v) is 10.7. The van der Waals surface area contributed by atoms with Crippen LogP contribution in [0, 0.1) is 5.82 Å². The zero-order valence-electron chi connectivity index (χ0n) is 9.87. The van der Waals surface area contributed by atoms with Gasteiger partial charge in [-0.05, 0) is 31.5 Å². The van der Waals surface area contributed by atoms with Crippen LogP contribution >= 0.6 is 11.8 Å². The van der Waals surface area contributed by atoms with Crippen molar-refractivity contribution < 1.29 is 14.3 Å². The van der Waals surface area contributed by atoms with Crippen LogP contribution in [0.25, 0.3) is 0 Å². The maximum absolute atomic E-state index is 13.6. The van der Waals surface area contributed by atoms with E-state index in [4.69, 9.17) is 0 Å².